The number of anilines is 1. The average molecular weight is 586 g/mol. The number of hydrogen-bond acceptors (Lipinski definition) is 4. The summed E-state index contributed by atoms with van der Waals surface area (Å²) in [4.78, 5) is 37.2. The number of unbranched alkanes of at least 4 members (excludes halogenated alkanes) is 2. The van der Waals surface area contributed by atoms with Crippen molar-refractivity contribution in [1.29, 1.82) is 0 Å². The van der Waals surface area contributed by atoms with E-state index >= 15 is 0 Å². The largest absolute Gasteiger partial charge is 0.420 e. The molecule has 0 N–H and O–H groups in total. The van der Waals surface area contributed by atoms with Gasteiger partial charge in [-0.3, -0.25) is 9.59 Å². The van der Waals surface area contributed by atoms with E-state index in [4.69, 9.17) is 4.74 Å². The molecule has 0 spiro atoms. The highest BCUT2D eigenvalue weighted by atomic mass is 19.1. The first kappa shape index (κ1) is 30.9. The smallest absolute Gasteiger partial charge is 0.339 e. The van der Waals surface area contributed by atoms with Crippen molar-refractivity contribution in [2.24, 2.45) is 17.8 Å². The Labute approximate surface area is 255 Å². The SMILES string of the molecule is CCCCCC1CCC(C2CCC(c3ccc(/C=C(\C)C(=O)Oc4ccc(N5C(=O)C=CC5=O)cc4F)cc3)CC2)CC1. The van der Waals surface area contributed by atoms with E-state index < -0.39 is 23.6 Å². The number of esters is 1. The minimum absolute atomic E-state index is 0.0819. The van der Waals surface area contributed by atoms with Crippen LogP contribution >= 0.6 is 0 Å². The lowest BCUT2D eigenvalue weighted by atomic mass is 9.68. The highest BCUT2D eigenvalue weighted by molar-refractivity contribution is 6.28. The zero-order valence-electron chi connectivity index (χ0n) is 25.5. The number of nitrogens with zero attached hydrogens (tertiary/aromatic N) is 1. The van der Waals surface area contributed by atoms with E-state index in [9.17, 15) is 18.8 Å². The first-order valence-electron chi connectivity index (χ1n) is 16.2. The van der Waals surface area contributed by atoms with Crippen molar-refractivity contribution in [3.05, 3.63) is 77.1 Å². The van der Waals surface area contributed by atoms with E-state index in [1.54, 1.807) is 13.0 Å². The standard InChI is InChI=1S/C37H44FNO4/c1-3-4-5-6-26-7-11-28(12-8-26)30-15-17-31(18-16-30)29-13-9-27(10-14-29)23-25(2)37(42)43-34-20-19-32(24-33(34)38)39-35(40)21-22-36(39)41/h9-10,13-14,19-24,26,28,30-31H,3-8,11-12,15-18H2,1-2H3/b25-23+. The molecule has 0 unspecified atom stereocenters. The van der Waals surface area contributed by atoms with Crippen molar-refractivity contribution in [3.63, 3.8) is 0 Å². The fourth-order valence-corrected chi connectivity index (χ4v) is 7.28. The first-order chi connectivity index (χ1) is 20.8. The van der Waals surface area contributed by atoms with Crippen LogP contribution in [0.4, 0.5) is 10.1 Å². The molecule has 0 bridgehead atoms. The summed E-state index contributed by atoms with van der Waals surface area (Å²) < 4.78 is 19.9. The highest BCUT2D eigenvalue weighted by Crippen LogP contribution is 2.44. The van der Waals surface area contributed by atoms with Crippen LogP contribution in [0.15, 0.2) is 60.2 Å². The van der Waals surface area contributed by atoms with E-state index in [0.717, 1.165) is 46.4 Å². The molecule has 2 aromatic carbocycles. The third-order valence-corrected chi connectivity index (χ3v) is 9.84. The molecule has 2 aromatic rings. The van der Waals surface area contributed by atoms with Gasteiger partial charge in [0.15, 0.2) is 11.6 Å². The number of amides is 2. The Balaban J connectivity index is 1.10. The number of halogens is 1. The molecule has 43 heavy (non-hydrogen) atoms. The van der Waals surface area contributed by atoms with E-state index in [1.807, 2.05) is 12.1 Å². The van der Waals surface area contributed by atoms with Gasteiger partial charge in [0.25, 0.3) is 11.8 Å². The Morgan fingerprint density at radius 3 is 2.12 bits per heavy atom. The number of rotatable bonds is 10. The lowest BCUT2D eigenvalue weighted by Gasteiger charge is -2.38. The van der Waals surface area contributed by atoms with Crippen LogP contribution in [0.25, 0.3) is 6.08 Å². The molecule has 0 aromatic heterocycles. The minimum Gasteiger partial charge on any atom is -0.420 e. The Kier molecular flexibility index (Phi) is 10.3. The molecule has 3 aliphatic rings. The predicted molar refractivity (Wildman–Crippen MR) is 168 cm³/mol. The van der Waals surface area contributed by atoms with Gasteiger partial charge in [0.2, 0.25) is 0 Å². The number of carbonyl (C=O) groups is 3. The molecule has 1 heterocycles. The van der Waals surface area contributed by atoms with Gasteiger partial charge in [0.1, 0.15) is 0 Å². The molecular formula is C37H44FNO4. The van der Waals surface area contributed by atoms with Crippen molar-refractivity contribution in [3.8, 4) is 5.75 Å². The summed E-state index contributed by atoms with van der Waals surface area (Å²) in [5, 5.41) is 0. The van der Waals surface area contributed by atoms with Gasteiger partial charge in [-0.05, 0) is 98.5 Å². The Bertz CT molecular complexity index is 1340. The normalized spacial score (nSPS) is 24.4. The van der Waals surface area contributed by atoms with Crippen LogP contribution in [0.3, 0.4) is 0 Å². The van der Waals surface area contributed by atoms with Gasteiger partial charge in [-0.2, -0.15) is 0 Å². The number of carbonyl (C=O) groups excluding carboxylic acids is 3. The molecule has 2 fully saturated rings. The van der Waals surface area contributed by atoms with Gasteiger partial charge in [-0.1, -0.05) is 69.7 Å². The van der Waals surface area contributed by atoms with Crippen molar-refractivity contribution < 1.29 is 23.5 Å². The van der Waals surface area contributed by atoms with Gasteiger partial charge in [-0.15, -0.1) is 0 Å². The summed E-state index contributed by atoms with van der Waals surface area (Å²) in [5.74, 6) is 0.545. The average Bonchev–Trinajstić information content (AvgIpc) is 3.36. The quantitative estimate of drug-likeness (QED) is 0.0918. The van der Waals surface area contributed by atoms with Crippen molar-refractivity contribution in [1.82, 2.24) is 0 Å². The molecule has 2 saturated carbocycles. The third-order valence-electron chi connectivity index (χ3n) is 9.84. The van der Waals surface area contributed by atoms with E-state index in [1.165, 1.54) is 94.7 Å². The van der Waals surface area contributed by atoms with Crippen LogP contribution in [0.5, 0.6) is 5.75 Å². The molecule has 6 heteroatoms. The van der Waals surface area contributed by atoms with Crippen LogP contribution in [0.1, 0.15) is 108 Å². The summed E-state index contributed by atoms with van der Waals surface area (Å²) in [7, 11) is 0. The summed E-state index contributed by atoms with van der Waals surface area (Å²) in [6, 6.07) is 12.0. The zero-order chi connectivity index (χ0) is 30.3. The molecule has 5 nitrogen and oxygen atoms in total. The lowest BCUT2D eigenvalue weighted by Crippen LogP contribution is -2.29. The van der Waals surface area contributed by atoms with Crippen LogP contribution in [0.2, 0.25) is 0 Å². The monoisotopic (exact) mass is 585 g/mol. The van der Waals surface area contributed by atoms with Crippen molar-refractivity contribution in [2.45, 2.75) is 96.8 Å². The Morgan fingerprint density at radius 1 is 0.884 bits per heavy atom. The fraction of sp³-hybridized carbons (Fsp3) is 0.486. The molecule has 2 aliphatic carbocycles. The van der Waals surface area contributed by atoms with Crippen LogP contribution in [0, 0.1) is 23.6 Å². The second kappa shape index (κ2) is 14.3. The summed E-state index contributed by atoms with van der Waals surface area (Å²) >= 11 is 0. The summed E-state index contributed by atoms with van der Waals surface area (Å²) in [6.07, 6.45) is 20.5. The van der Waals surface area contributed by atoms with Crippen LogP contribution in [-0.2, 0) is 14.4 Å². The molecule has 228 valence electrons. The third kappa shape index (κ3) is 7.70. The van der Waals surface area contributed by atoms with E-state index in [0.29, 0.717) is 11.5 Å². The molecular weight excluding hydrogens is 541 g/mol. The topological polar surface area (TPSA) is 63.7 Å². The highest BCUT2D eigenvalue weighted by Gasteiger charge is 2.31. The van der Waals surface area contributed by atoms with Crippen LogP contribution in [-0.4, -0.2) is 17.8 Å². The van der Waals surface area contributed by atoms with Gasteiger partial charge < -0.3 is 4.74 Å². The van der Waals surface area contributed by atoms with Gasteiger partial charge >= 0.3 is 5.97 Å². The Hall–Kier alpha value is -3.54. The molecule has 1 aliphatic heterocycles. The van der Waals surface area contributed by atoms with E-state index in [-0.39, 0.29) is 11.4 Å². The van der Waals surface area contributed by atoms with Crippen molar-refractivity contribution in [2.75, 3.05) is 4.90 Å². The second-order valence-electron chi connectivity index (χ2n) is 12.7. The molecule has 5 rings (SSSR count). The first-order valence-corrected chi connectivity index (χ1v) is 16.2. The van der Waals surface area contributed by atoms with Gasteiger partial charge in [0.05, 0.1) is 5.69 Å². The summed E-state index contributed by atoms with van der Waals surface area (Å²) in [6.45, 7) is 3.92. The Morgan fingerprint density at radius 2 is 1.51 bits per heavy atom. The van der Waals surface area contributed by atoms with Gasteiger partial charge in [0, 0.05) is 23.8 Å². The number of hydrogen-bond donors (Lipinski definition) is 0. The zero-order valence-corrected chi connectivity index (χ0v) is 25.5. The van der Waals surface area contributed by atoms with Gasteiger partial charge in [-0.25, -0.2) is 14.1 Å². The molecule has 0 radical (unpaired) electrons. The number of benzene rings is 2. The maximum atomic E-state index is 14.7. The van der Waals surface area contributed by atoms with E-state index in [2.05, 4.69) is 19.1 Å². The molecule has 0 saturated heterocycles. The molecule has 0 atom stereocenters. The fourth-order valence-electron chi connectivity index (χ4n) is 7.28. The predicted octanol–water partition coefficient (Wildman–Crippen LogP) is 8.92. The minimum atomic E-state index is -0.833. The van der Waals surface area contributed by atoms with Crippen LogP contribution < -0.4 is 9.64 Å². The number of imide groups is 1. The van der Waals surface area contributed by atoms with Crippen molar-refractivity contribution >= 4 is 29.5 Å². The molecule has 2 amide bonds. The summed E-state index contributed by atoms with van der Waals surface area (Å²) in [5.41, 5.74) is 2.67. The lowest BCUT2D eigenvalue weighted by molar-refractivity contribution is -0.130. The maximum Gasteiger partial charge on any atom is 0.339 e. The number of ether oxygens (including phenoxy) is 1. The maximum absolute atomic E-state index is 14.7. The second-order valence-corrected chi connectivity index (χ2v) is 12.7.